The summed E-state index contributed by atoms with van der Waals surface area (Å²) in [5, 5.41) is 23.8. The van der Waals surface area contributed by atoms with E-state index in [4.69, 9.17) is 21.4 Å². The van der Waals surface area contributed by atoms with Crippen molar-refractivity contribution in [2.75, 3.05) is 0 Å². The number of carboxylic acid groups (broad SMARTS) is 1. The van der Waals surface area contributed by atoms with E-state index < -0.39 is 22.3 Å². The lowest BCUT2D eigenvalue weighted by molar-refractivity contribution is -0.385. The number of rotatable bonds is 5. The second kappa shape index (κ2) is 5.80. The summed E-state index contributed by atoms with van der Waals surface area (Å²) in [6, 6.07) is 4.98. The van der Waals surface area contributed by atoms with Crippen molar-refractivity contribution in [3.8, 4) is 5.75 Å². The van der Waals surface area contributed by atoms with Gasteiger partial charge in [-0.25, -0.2) is 9.48 Å². The average molecular weight is 312 g/mol. The second-order valence-electron chi connectivity index (χ2n) is 4.15. The third kappa shape index (κ3) is 3.29. The van der Waals surface area contributed by atoms with Crippen molar-refractivity contribution in [3.63, 3.8) is 0 Å². The van der Waals surface area contributed by atoms with Crippen LogP contribution in [0.4, 0.5) is 5.69 Å². The molecule has 2 aromatic rings. The van der Waals surface area contributed by atoms with Crippen molar-refractivity contribution in [1.82, 2.24) is 9.78 Å². The van der Waals surface area contributed by atoms with Crippen LogP contribution in [0.2, 0.25) is 5.02 Å². The van der Waals surface area contributed by atoms with E-state index in [1.807, 2.05) is 0 Å². The molecule has 0 fully saturated rings. The fourth-order valence-electron chi connectivity index (χ4n) is 1.61. The topological polar surface area (TPSA) is 107 Å². The molecular formula is C12H10ClN3O5. The summed E-state index contributed by atoms with van der Waals surface area (Å²) >= 11 is 5.88. The van der Waals surface area contributed by atoms with Crippen LogP contribution in [0, 0.1) is 17.0 Å². The van der Waals surface area contributed by atoms with Crippen LogP contribution in [0.25, 0.3) is 0 Å². The molecule has 0 spiro atoms. The first-order valence-corrected chi connectivity index (χ1v) is 6.10. The molecular weight excluding hydrogens is 302 g/mol. The number of hydrogen-bond acceptors (Lipinski definition) is 5. The maximum atomic E-state index is 10.9. The van der Waals surface area contributed by atoms with Crippen LogP contribution >= 0.6 is 11.6 Å². The minimum Gasteiger partial charge on any atom is -0.476 e. The van der Waals surface area contributed by atoms with Gasteiger partial charge in [-0.1, -0.05) is 11.6 Å². The SMILES string of the molecule is Cc1cc(OCn2cc([N+](=O)[O-])c(C(=O)O)n2)ccc1Cl. The third-order valence-corrected chi connectivity index (χ3v) is 3.06. The van der Waals surface area contributed by atoms with Crippen molar-refractivity contribution in [2.45, 2.75) is 13.7 Å². The zero-order valence-corrected chi connectivity index (χ0v) is 11.6. The van der Waals surface area contributed by atoms with Gasteiger partial charge in [-0.2, -0.15) is 5.10 Å². The monoisotopic (exact) mass is 311 g/mol. The number of benzene rings is 1. The van der Waals surface area contributed by atoms with E-state index in [-0.39, 0.29) is 6.73 Å². The van der Waals surface area contributed by atoms with Gasteiger partial charge in [0.05, 0.1) is 4.92 Å². The Hall–Kier alpha value is -2.61. The van der Waals surface area contributed by atoms with Crippen LogP contribution in [0.5, 0.6) is 5.75 Å². The predicted molar refractivity (Wildman–Crippen MR) is 72.7 cm³/mol. The highest BCUT2D eigenvalue weighted by Crippen LogP contribution is 2.22. The molecule has 1 heterocycles. The van der Waals surface area contributed by atoms with Crippen molar-refractivity contribution in [2.24, 2.45) is 0 Å². The molecule has 0 aliphatic carbocycles. The second-order valence-corrected chi connectivity index (χ2v) is 4.56. The Morgan fingerprint density at radius 2 is 2.29 bits per heavy atom. The predicted octanol–water partition coefficient (Wildman–Crippen LogP) is 2.49. The molecule has 1 N–H and O–H groups in total. The maximum Gasteiger partial charge on any atom is 0.363 e. The molecule has 110 valence electrons. The minimum atomic E-state index is -1.47. The average Bonchev–Trinajstić information content (AvgIpc) is 2.85. The standard InChI is InChI=1S/C12H10ClN3O5/c1-7-4-8(2-3-9(7)13)21-6-15-5-10(16(19)20)11(14-15)12(17)18/h2-5H,6H2,1H3,(H,17,18). The van der Waals surface area contributed by atoms with Gasteiger partial charge in [0.25, 0.3) is 0 Å². The zero-order valence-electron chi connectivity index (χ0n) is 10.8. The third-order valence-electron chi connectivity index (χ3n) is 2.63. The number of aromatic nitrogens is 2. The lowest BCUT2D eigenvalue weighted by atomic mass is 10.2. The molecule has 21 heavy (non-hydrogen) atoms. The van der Waals surface area contributed by atoms with Gasteiger partial charge in [-0.05, 0) is 30.7 Å². The van der Waals surface area contributed by atoms with Crippen molar-refractivity contribution < 1.29 is 19.6 Å². The number of halogens is 1. The quantitative estimate of drug-likeness (QED) is 0.671. The van der Waals surface area contributed by atoms with Gasteiger partial charge in [0.15, 0.2) is 6.73 Å². The molecule has 0 unspecified atom stereocenters. The summed E-state index contributed by atoms with van der Waals surface area (Å²) in [5.41, 5.74) is -0.402. The molecule has 0 amide bonds. The molecule has 0 saturated heterocycles. The van der Waals surface area contributed by atoms with Crippen molar-refractivity contribution in [1.29, 1.82) is 0 Å². The smallest absolute Gasteiger partial charge is 0.363 e. The van der Waals surface area contributed by atoms with Crippen LogP contribution in [0.1, 0.15) is 16.1 Å². The number of ether oxygens (including phenoxy) is 1. The molecule has 9 heteroatoms. The molecule has 8 nitrogen and oxygen atoms in total. The molecule has 2 rings (SSSR count). The minimum absolute atomic E-state index is 0.158. The Kier molecular flexibility index (Phi) is 4.08. The van der Waals surface area contributed by atoms with Gasteiger partial charge >= 0.3 is 11.7 Å². The first-order chi connectivity index (χ1) is 9.88. The van der Waals surface area contributed by atoms with Crippen molar-refractivity contribution >= 4 is 23.3 Å². The van der Waals surface area contributed by atoms with Crippen LogP contribution in [0.3, 0.4) is 0 Å². The van der Waals surface area contributed by atoms with E-state index >= 15 is 0 Å². The maximum absolute atomic E-state index is 10.9. The van der Waals surface area contributed by atoms with E-state index in [0.717, 1.165) is 16.4 Å². The Bertz CT molecular complexity index is 681. The lowest BCUT2D eigenvalue weighted by Gasteiger charge is -2.07. The highest BCUT2D eigenvalue weighted by molar-refractivity contribution is 6.31. The normalized spacial score (nSPS) is 10.4. The largest absolute Gasteiger partial charge is 0.476 e. The summed E-state index contributed by atoms with van der Waals surface area (Å²) in [6.07, 6.45) is 1.01. The zero-order chi connectivity index (χ0) is 15.6. The Morgan fingerprint density at radius 3 is 2.81 bits per heavy atom. The molecule has 0 saturated carbocycles. The van der Waals surface area contributed by atoms with Crippen LogP contribution in [-0.2, 0) is 6.73 Å². The molecule has 1 aromatic carbocycles. The summed E-state index contributed by atoms with van der Waals surface area (Å²) in [6.45, 7) is 1.64. The highest BCUT2D eigenvalue weighted by Gasteiger charge is 2.25. The molecule has 0 bridgehead atoms. The number of carboxylic acids is 1. The summed E-state index contributed by atoms with van der Waals surface area (Å²) in [4.78, 5) is 20.8. The number of carbonyl (C=O) groups is 1. The van der Waals surface area contributed by atoms with Gasteiger partial charge in [-0.15, -0.1) is 0 Å². The fourth-order valence-corrected chi connectivity index (χ4v) is 1.73. The van der Waals surface area contributed by atoms with Gasteiger partial charge in [0.2, 0.25) is 5.69 Å². The Morgan fingerprint density at radius 1 is 1.57 bits per heavy atom. The van der Waals surface area contributed by atoms with Crippen LogP contribution in [-0.4, -0.2) is 25.8 Å². The number of aromatic carboxylic acids is 1. The molecule has 1 aromatic heterocycles. The lowest BCUT2D eigenvalue weighted by Crippen LogP contribution is -2.07. The summed E-state index contributed by atoms with van der Waals surface area (Å²) in [5.74, 6) is -0.977. The number of nitro groups is 1. The van der Waals surface area contributed by atoms with Gasteiger partial charge in [0.1, 0.15) is 11.9 Å². The molecule has 0 aliphatic rings. The van der Waals surface area contributed by atoms with E-state index in [2.05, 4.69) is 5.10 Å². The summed E-state index contributed by atoms with van der Waals surface area (Å²) < 4.78 is 6.43. The van der Waals surface area contributed by atoms with Gasteiger partial charge in [-0.3, -0.25) is 10.1 Å². The summed E-state index contributed by atoms with van der Waals surface area (Å²) in [7, 11) is 0. The Balaban J connectivity index is 2.16. The van der Waals surface area contributed by atoms with E-state index in [1.54, 1.807) is 25.1 Å². The van der Waals surface area contributed by atoms with Gasteiger partial charge < -0.3 is 9.84 Å². The van der Waals surface area contributed by atoms with Crippen LogP contribution in [0.15, 0.2) is 24.4 Å². The first-order valence-electron chi connectivity index (χ1n) is 5.72. The number of aryl methyl sites for hydroxylation is 1. The number of nitrogens with zero attached hydrogens (tertiary/aromatic N) is 3. The van der Waals surface area contributed by atoms with Crippen LogP contribution < -0.4 is 4.74 Å². The fraction of sp³-hybridized carbons (Fsp3) is 0.167. The van der Waals surface area contributed by atoms with Crippen molar-refractivity contribution in [3.05, 3.63) is 50.8 Å². The Labute approximate surface area is 123 Å². The van der Waals surface area contributed by atoms with E-state index in [1.165, 1.54) is 0 Å². The molecule has 0 atom stereocenters. The van der Waals surface area contributed by atoms with E-state index in [9.17, 15) is 14.9 Å². The molecule has 0 aliphatic heterocycles. The number of hydrogen-bond donors (Lipinski definition) is 1. The first kappa shape index (κ1) is 14.8. The van der Waals surface area contributed by atoms with Gasteiger partial charge in [0, 0.05) is 5.02 Å². The molecule has 0 radical (unpaired) electrons. The highest BCUT2D eigenvalue weighted by atomic mass is 35.5. The van der Waals surface area contributed by atoms with E-state index in [0.29, 0.717) is 10.8 Å².